The summed E-state index contributed by atoms with van der Waals surface area (Å²) in [7, 11) is 0. The summed E-state index contributed by atoms with van der Waals surface area (Å²) in [6.45, 7) is 1.69. The number of aliphatic hydroxyl groups excluding tert-OH is 1. The second kappa shape index (κ2) is 5.50. The van der Waals surface area contributed by atoms with Crippen LogP contribution in [0.3, 0.4) is 0 Å². The van der Waals surface area contributed by atoms with Gasteiger partial charge in [-0.25, -0.2) is 4.39 Å². The summed E-state index contributed by atoms with van der Waals surface area (Å²) in [5.74, 6) is 0.677. The Hall–Kier alpha value is -1.39. The summed E-state index contributed by atoms with van der Waals surface area (Å²) in [6, 6.07) is 11.2. The average Bonchev–Trinajstić information content (AvgIpc) is 2.28. The second-order valence-electron chi connectivity index (χ2n) is 3.92. The SMILES string of the molecule is CC(O)c1ccc(Oc2cccc(F)c2)cc1Br. The van der Waals surface area contributed by atoms with Crippen molar-refractivity contribution in [3.8, 4) is 11.5 Å². The van der Waals surface area contributed by atoms with Crippen molar-refractivity contribution in [3.63, 3.8) is 0 Å². The van der Waals surface area contributed by atoms with E-state index in [0.717, 1.165) is 10.0 Å². The fourth-order valence-electron chi connectivity index (χ4n) is 1.58. The third kappa shape index (κ3) is 3.09. The van der Waals surface area contributed by atoms with Crippen LogP contribution in [0.15, 0.2) is 46.9 Å². The maximum atomic E-state index is 13.0. The summed E-state index contributed by atoms with van der Waals surface area (Å²) < 4.78 is 19.3. The van der Waals surface area contributed by atoms with E-state index in [1.165, 1.54) is 12.1 Å². The smallest absolute Gasteiger partial charge is 0.130 e. The van der Waals surface area contributed by atoms with Crippen molar-refractivity contribution >= 4 is 15.9 Å². The Kier molecular flexibility index (Phi) is 3.99. The van der Waals surface area contributed by atoms with Crippen LogP contribution in [-0.4, -0.2) is 5.11 Å². The number of aliphatic hydroxyl groups is 1. The molecular formula is C14H12BrFO2. The maximum Gasteiger partial charge on any atom is 0.130 e. The number of halogens is 2. The minimum atomic E-state index is -0.553. The van der Waals surface area contributed by atoms with Crippen LogP contribution in [0, 0.1) is 5.82 Å². The first-order valence-electron chi connectivity index (χ1n) is 5.47. The van der Waals surface area contributed by atoms with Crippen molar-refractivity contribution in [1.82, 2.24) is 0 Å². The van der Waals surface area contributed by atoms with Gasteiger partial charge in [0, 0.05) is 10.5 Å². The van der Waals surface area contributed by atoms with Crippen LogP contribution in [0.5, 0.6) is 11.5 Å². The summed E-state index contributed by atoms with van der Waals surface area (Å²) in [5, 5.41) is 9.50. The number of hydrogen-bond donors (Lipinski definition) is 1. The molecule has 1 N–H and O–H groups in total. The maximum absolute atomic E-state index is 13.0. The molecule has 0 fully saturated rings. The van der Waals surface area contributed by atoms with E-state index in [1.807, 2.05) is 0 Å². The zero-order valence-electron chi connectivity index (χ0n) is 9.73. The highest BCUT2D eigenvalue weighted by atomic mass is 79.9. The molecule has 0 aromatic heterocycles. The van der Waals surface area contributed by atoms with Crippen molar-refractivity contribution in [3.05, 3.63) is 58.3 Å². The molecule has 0 heterocycles. The lowest BCUT2D eigenvalue weighted by molar-refractivity contribution is 0.198. The van der Waals surface area contributed by atoms with Gasteiger partial charge in [-0.1, -0.05) is 28.1 Å². The standard InChI is InChI=1S/C14H12BrFO2/c1-9(17)13-6-5-12(8-14(13)15)18-11-4-2-3-10(16)7-11/h2-9,17H,1H3. The highest BCUT2D eigenvalue weighted by Gasteiger charge is 2.07. The molecule has 0 aliphatic rings. The molecule has 1 atom stereocenters. The molecule has 2 nitrogen and oxygen atoms in total. The monoisotopic (exact) mass is 310 g/mol. The highest BCUT2D eigenvalue weighted by Crippen LogP contribution is 2.30. The predicted molar refractivity (Wildman–Crippen MR) is 71.2 cm³/mol. The van der Waals surface area contributed by atoms with Gasteiger partial charge in [0.25, 0.3) is 0 Å². The Morgan fingerprint density at radius 2 is 1.89 bits per heavy atom. The molecule has 18 heavy (non-hydrogen) atoms. The van der Waals surface area contributed by atoms with Crippen molar-refractivity contribution < 1.29 is 14.2 Å². The van der Waals surface area contributed by atoms with Crippen LogP contribution >= 0.6 is 15.9 Å². The number of ether oxygens (including phenoxy) is 1. The molecule has 2 rings (SSSR count). The van der Waals surface area contributed by atoms with E-state index in [9.17, 15) is 9.50 Å². The van der Waals surface area contributed by atoms with E-state index in [0.29, 0.717) is 11.5 Å². The molecule has 0 aliphatic heterocycles. The van der Waals surface area contributed by atoms with Gasteiger partial charge in [-0.15, -0.1) is 0 Å². The third-order valence-electron chi connectivity index (χ3n) is 2.45. The largest absolute Gasteiger partial charge is 0.457 e. The first kappa shape index (κ1) is 13.1. The predicted octanol–water partition coefficient (Wildman–Crippen LogP) is 4.43. The van der Waals surface area contributed by atoms with Gasteiger partial charge in [0.15, 0.2) is 0 Å². The van der Waals surface area contributed by atoms with Crippen molar-refractivity contribution in [2.24, 2.45) is 0 Å². The van der Waals surface area contributed by atoms with Crippen LogP contribution in [0.4, 0.5) is 4.39 Å². The van der Waals surface area contributed by atoms with Gasteiger partial charge in [-0.2, -0.15) is 0 Å². The highest BCUT2D eigenvalue weighted by molar-refractivity contribution is 9.10. The second-order valence-corrected chi connectivity index (χ2v) is 4.77. The van der Waals surface area contributed by atoms with Crippen LogP contribution in [0.25, 0.3) is 0 Å². The van der Waals surface area contributed by atoms with E-state index in [-0.39, 0.29) is 5.82 Å². The molecule has 4 heteroatoms. The molecule has 0 amide bonds. The lowest BCUT2D eigenvalue weighted by atomic mass is 10.1. The Balaban J connectivity index is 2.23. The van der Waals surface area contributed by atoms with Crippen LogP contribution in [0.2, 0.25) is 0 Å². The molecule has 0 radical (unpaired) electrons. The molecule has 94 valence electrons. The summed E-state index contributed by atoms with van der Waals surface area (Å²) in [5.41, 5.74) is 0.779. The fourth-order valence-corrected chi connectivity index (χ4v) is 2.27. The average molecular weight is 311 g/mol. The topological polar surface area (TPSA) is 29.5 Å². The van der Waals surface area contributed by atoms with E-state index in [4.69, 9.17) is 4.74 Å². The number of hydrogen-bond acceptors (Lipinski definition) is 2. The molecular weight excluding hydrogens is 299 g/mol. The minimum Gasteiger partial charge on any atom is -0.457 e. The lowest BCUT2D eigenvalue weighted by Crippen LogP contribution is -1.93. The van der Waals surface area contributed by atoms with Gasteiger partial charge in [-0.05, 0) is 36.8 Å². The van der Waals surface area contributed by atoms with Crippen molar-refractivity contribution in [2.45, 2.75) is 13.0 Å². The van der Waals surface area contributed by atoms with E-state index in [2.05, 4.69) is 15.9 Å². The van der Waals surface area contributed by atoms with Gasteiger partial charge in [-0.3, -0.25) is 0 Å². The van der Waals surface area contributed by atoms with Crippen molar-refractivity contribution in [1.29, 1.82) is 0 Å². The molecule has 0 saturated carbocycles. The molecule has 0 bridgehead atoms. The summed E-state index contributed by atoms with van der Waals surface area (Å²) in [4.78, 5) is 0. The Morgan fingerprint density at radius 1 is 1.17 bits per heavy atom. The Bertz CT molecular complexity index is 555. The van der Waals surface area contributed by atoms with Gasteiger partial charge in [0.2, 0.25) is 0 Å². The van der Waals surface area contributed by atoms with Gasteiger partial charge in [0.05, 0.1) is 6.10 Å². The first-order chi connectivity index (χ1) is 8.56. The number of rotatable bonds is 3. The van der Waals surface area contributed by atoms with E-state index >= 15 is 0 Å². The molecule has 0 saturated heterocycles. The zero-order chi connectivity index (χ0) is 13.1. The number of benzene rings is 2. The molecule has 0 spiro atoms. The fraction of sp³-hybridized carbons (Fsp3) is 0.143. The minimum absolute atomic E-state index is 0.341. The quantitative estimate of drug-likeness (QED) is 0.908. The Morgan fingerprint density at radius 3 is 2.50 bits per heavy atom. The van der Waals surface area contributed by atoms with Gasteiger partial charge in [0.1, 0.15) is 17.3 Å². The summed E-state index contributed by atoms with van der Waals surface area (Å²) >= 11 is 3.36. The lowest BCUT2D eigenvalue weighted by Gasteiger charge is -2.10. The van der Waals surface area contributed by atoms with E-state index in [1.54, 1.807) is 37.3 Å². The van der Waals surface area contributed by atoms with Crippen molar-refractivity contribution in [2.75, 3.05) is 0 Å². The van der Waals surface area contributed by atoms with Gasteiger partial charge < -0.3 is 9.84 Å². The molecule has 0 aliphatic carbocycles. The van der Waals surface area contributed by atoms with Crippen LogP contribution < -0.4 is 4.74 Å². The molecule has 2 aromatic rings. The Labute approximate surface area is 113 Å². The first-order valence-corrected chi connectivity index (χ1v) is 6.26. The van der Waals surface area contributed by atoms with Crippen LogP contribution in [-0.2, 0) is 0 Å². The normalized spacial score (nSPS) is 12.2. The van der Waals surface area contributed by atoms with E-state index < -0.39 is 6.10 Å². The zero-order valence-corrected chi connectivity index (χ0v) is 11.3. The van der Waals surface area contributed by atoms with Crippen LogP contribution in [0.1, 0.15) is 18.6 Å². The summed E-state index contributed by atoms with van der Waals surface area (Å²) in [6.07, 6.45) is -0.553. The third-order valence-corrected chi connectivity index (χ3v) is 3.14. The molecule has 1 unspecified atom stereocenters. The molecule has 2 aromatic carbocycles. The van der Waals surface area contributed by atoms with Gasteiger partial charge >= 0.3 is 0 Å².